The molecule has 0 radical (unpaired) electrons. The highest BCUT2D eigenvalue weighted by atomic mass is 79.9. The summed E-state index contributed by atoms with van der Waals surface area (Å²) in [5, 5.41) is 8.65. The van der Waals surface area contributed by atoms with Crippen LogP contribution in [0, 0.1) is 0 Å². The normalized spacial score (nSPS) is 11.9. The average Bonchev–Trinajstić information content (AvgIpc) is 2.28. The van der Waals surface area contributed by atoms with Gasteiger partial charge in [-0.3, -0.25) is 9.59 Å². The lowest BCUT2D eigenvalue weighted by Crippen LogP contribution is -2.18. The van der Waals surface area contributed by atoms with Gasteiger partial charge in [-0.15, -0.1) is 0 Å². The fourth-order valence-corrected chi connectivity index (χ4v) is 2.44. The monoisotopic (exact) mass is 378 g/mol. The maximum absolute atomic E-state index is 12.0. The quantitative estimate of drug-likeness (QED) is 0.608. The third-order valence-electron chi connectivity index (χ3n) is 2.16. The molecule has 0 heterocycles. The zero-order valence-electron chi connectivity index (χ0n) is 9.65. The third kappa shape index (κ3) is 4.10. The lowest BCUT2D eigenvalue weighted by atomic mass is 10.1. The zero-order chi connectivity index (χ0) is 13.7. The summed E-state index contributed by atoms with van der Waals surface area (Å²) in [6.45, 7) is 2.41. The van der Waals surface area contributed by atoms with Gasteiger partial charge in [0.1, 0.15) is 5.75 Å². The predicted octanol–water partition coefficient (Wildman–Crippen LogP) is 3.27. The third-order valence-corrected chi connectivity index (χ3v) is 3.55. The second-order valence-corrected chi connectivity index (χ2v) is 5.46. The maximum atomic E-state index is 12.0. The molecular formula is C12H12Br2O4. The Bertz CT molecular complexity index is 459. The van der Waals surface area contributed by atoms with Crippen molar-refractivity contribution in [3.05, 3.63) is 28.2 Å². The number of halogens is 2. The summed E-state index contributed by atoms with van der Waals surface area (Å²) in [5.41, 5.74) is 0.432. The first kappa shape index (κ1) is 15.2. The minimum atomic E-state index is -1.02. The van der Waals surface area contributed by atoms with Crippen LogP contribution < -0.4 is 4.74 Å². The van der Waals surface area contributed by atoms with Crippen molar-refractivity contribution in [1.82, 2.24) is 0 Å². The Kier molecular flexibility index (Phi) is 5.81. The Morgan fingerprint density at radius 1 is 1.44 bits per heavy atom. The summed E-state index contributed by atoms with van der Waals surface area (Å²) in [5.74, 6) is -0.634. The van der Waals surface area contributed by atoms with Crippen LogP contribution in [-0.4, -0.2) is 28.3 Å². The van der Waals surface area contributed by atoms with E-state index in [0.717, 1.165) is 0 Å². The van der Waals surface area contributed by atoms with Crippen molar-refractivity contribution in [2.75, 3.05) is 6.61 Å². The van der Waals surface area contributed by atoms with Crippen molar-refractivity contribution in [1.29, 1.82) is 0 Å². The molecule has 6 heteroatoms. The van der Waals surface area contributed by atoms with Gasteiger partial charge in [0.15, 0.2) is 5.78 Å². The average molecular weight is 380 g/mol. The largest absolute Gasteiger partial charge is 0.494 e. The van der Waals surface area contributed by atoms with Crippen LogP contribution in [0.2, 0.25) is 0 Å². The molecule has 0 amide bonds. The van der Waals surface area contributed by atoms with Gasteiger partial charge >= 0.3 is 5.97 Å². The molecular weight excluding hydrogens is 368 g/mol. The van der Waals surface area contributed by atoms with Crippen LogP contribution in [-0.2, 0) is 4.79 Å². The maximum Gasteiger partial charge on any atom is 0.304 e. The Hall–Kier alpha value is -0.880. The van der Waals surface area contributed by atoms with Gasteiger partial charge in [-0.2, -0.15) is 0 Å². The Balaban J connectivity index is 2.89. The van der Waals surface area contributed by atoms with Crippen LogP contribution in [0.1, 0.15) is 23.7 Å². The van der Waals surface area contributed by atoms with Crippen molar-refractivity contribution >= 4 is 43.6 Å². The molecule has 0 saturated carbocycles. The summed E-state index contributed by atoms with van der Waals surface area (Å²) < 4.78 is 5.89. The molecule has 1 aromatic rings. The van der Waals surface area contributed by atoms with E-state index in [1.165, 1.54) is 0 Å². The number of carbonyl (C=O) groups is 2. The van der Waals surface area contributed by atoms with Crippen LogP contribution in [0.5, 0.6) is 5.75 Å². The number of hydrogen-bond acceptors (Lipinski definition) is 3. The molecule has 4 nitrogen and oxygen atoms in total. The molecule has 1 aromatic carbocycles. The lowest BCUT2D eigenvalue weighted by molar-refractivity contribution is -0.136. The van der Waals surface area contributed by atoms with Gasteiger partial charge in [0, 0.05) is 10.0 Å². The number of Topliss-reactive ketones (excluding diaryl/α,β-unsaturated/α-hetero) is 1. The first-order valence-electron chi connectivity index (χ1n) is 5.28. The van der Waals surface area contributed by atoms with E-state index < -0.39 is 10.8 Å². The van der Waals surface area contributed by atoms with Crippen LogP contribution in [0.4, 0.5) is 0 Å². The molecule has 0 saturated heterocycles. The molecule has 1 N–H and O–H groups in total. The number of alkyl halides is 1. The summed E-state index contributed by atoms with van der Waals surface area (Å²) >= 11 is 6.36. The summed E-state index contributed by atoms with van der Waals surface area (Å²) in [6.07, 6.45) is -0.252. The van der Waals surface area contributed by atoms with E-state index in [-0.39, 0.29) is 12.2 Å². The number of benzene rings is 1. The first-order valence-corrected chi connectivity index (χ1v) is 6.99. The summed E-state index contributed by atoms with van der Waals surface area (Å²) in [6, 6.07) is 4.99. The van der Waals surface area contributed by atoms with E-state index in [1.54, 1.807) is 18.2 Å². The van der Waals surface area contributed by atoms with E-state index in [9.17, 15) is 9.59 Å². The molecule has 0 bridgehead atoms. The SMILES string of the molecule is CCOc1ccc(C(=O)C(Br)CC(=O)O)c(Br)c1. The second kappa shape index (κ2) is 6.89. The number of carboxylic acid groups (broad SMARTS) is 1. The van der Waals surface area contributed by atoms with Gasteiger partial charge in [-0.05, 0) is 41.1 Å². The highest BCUT2D eigenvalue weighted by molar-refractivity contribution is 9.10. The lowest BCUT2D eigenvalue weighted by Gasteiger charge is -2.10. The molecule has 0 spiro atoms. The van der Waals surface area contributed by atoms with Gasteiger partial charge < -0.3 is 9.84 Å². The van der Waals surface area contributed by atoms with Crippen molar-refractivity contribution in [2.45, 2.75) is 18.2 Å². The minimum absolute atomic E-state index is 0.252. The minimum Gasteiger partial charge on any atom is -0.494 e. The van der Waals surface area contributed by atoms with Crippen molar-refractivity contribution < 1.29 is 19.4 Å². The highest BCUT2D eigenvalue weighted by Gasteiger charge is 2.22. The topological polar surface area (TPSA) is 63.6 Å². The number of ketones is 1. The van der Waals surface area contributed by atoms with Gasteiger partial charge in [0.25, 0.3) is 0 Å². The number of rotatable bonds is 6. The molecule has 0 aromatic heterocycles. The highest BCUT2D eigenvalue weighted by Crippen LogP contribution is 2.26. The van der Waals surface area contributed by atoms with Crippen molar-refractivity contribution in [3.63, 3.8) is 0 Å². The van der Waals surface area contributed by atoms with E-state index >= 15 is 0 Å². The van der Waals surface area contributed by atoms with Crippen molar-refractivity contribution in [3.8, 4) is 5.75 Å². The Morgan fingerprint density at radius 3 is 2.61 bits per heavy atom. The Labute approximate surface area is 122 Å². The van der Waals surface area contributed by atoms with E-state index in [2.05, 4.69) is 31.9 Å². The molecule has 18 heavy (non-hydrogen) atoms. The Morgan fingerprint density at radius 2 is 2.11 bits per heavy atom. The number of carbonyl (C=O) groups excluding carboxylic acids is 1. The summed E-state index contributed by atoms with van der Waals surface area (Å²) in [4.78, 5) is 21.8. The molecule has 0 aliphatic heterocycles. The first-order chi connectivity index (χ1) is 8.45. The van der Waals surface area contributed by atoms with Crippen molar-refractivity contribution in [2.24, 2.45) is 0 Å². The number of ether oxygens (including phenoxy) is 1. The zero-order valence-corrected chi connectivity index (χ0v) is 12.8. The van der Waals surface area contributed by atoms with Gasteiger partial charge in [0.2, 0.25) is 0 Å². The molecule has 0 fully saturated rings. The fourth-order valence-electron chi connectivity index (χ4n) is 1.37. The summed E-state index contributed by atoms with van der Waals surface area (Å²) in [7, 11) is 0. The second-order valence-electron chi connectivity index (χ2n) is 3.50. The van der Waals surface area contributed by atoms with Gasteiger partial charge in [0.05, 0.1) is 17.9 Å². The number of aliphatic carboxylic acids is 1. The van der Waals surface area contributed by atoms with Gasteiger partial charge in [-0.1, -0.05) is 15.9 Å². The smallest absolute Gasteiger partial charge is 0.304 e. The standard InChI is InChI=1S/C12H12Br2O4/c1-2-18-7-3-4-8(9(13)5-7)12(17)10(14)6-11(15)16/h3-5,10H,2,6H2,1H3,(H,15,16). The molecule has 1 unspecified atom stereocenters. The molecule has 1 rings (SSSR count). The van der Waals surface area contributed by atoms with Gasteiger partial charge in [-0.25, -0.2) is 0 Å². The number of carboxylic acids is 1. The number of hydrogen-bond donors (Lipinski definition) is 1. The van der Waals surface area contributed by atoms with Crippen LogP contribution in [0.15, 0.2) is 22.7 Å². The molecule has 0 aliphatic rings. The predicted molar refractivity (Wildman–Crippen MR) is 74.6 cm³/mol. The molecule has 1 atom stereocenters. The van der Waals surface area contributed by atoms with Crippen LogP contribution >= 0.6 is 31.9 Å². The fraction of sp³-hybridized carbons (Fsp3) is 0.333. The van der Waals surface area contributed by atoms with Crippen LogP contribution in [0.3, 0.4) is 0 Å². The van der Waals surface area contributed by atoms with Crippen LogP contribution in [0.25, 0.3) is 0 Å². The molecule has 0 aliphatic carbocycles. The van der Waals surface area contributed by atoms with E-state index in [0.29, 0.717) is 22.4 Å². The van der Waals surface area contributed by atoms with E-state index in [4.69, 9.17) is 9.84 Å². The van der Waals surface area contributed by atoms with E-state index in [1.807, 2.05) is 6.92 Å². The molecule has 98 valence electrons.